The van der Waals surface area contributed by atoms with E-state index in [0.717, 1.165) is 18.8 Å². The fraction of sp³-hybridized carbons (Fsp3) is 0.333. The number of hydrogen-bond donors (Lipinski definition) is 1. The van der Waals surface area contributed by atoms with Crippen LogP contribution in [0.1, 0.15) is 35.6 Å². The highest BCUT2D eigenvalue weighted by atomic mass is 14.7. The van der Waals surface area contributed by atoms with Crippen molar-refractivity contribution >= 4 is 0 Å². The molecule has 0 spiro atoms. The number of rotatable bonds is 5. The molecular formula is C18H21N. The monoisotopic (exact) mass is 251 g/mol. The van der Waals surface area contributed by atoms with Crippen molar-refractivity contribution in [3.8, 4) is 0 Å². The zero-order valence-corrected chi connectivity index (χ0v) is 11.3. The van der Waals surface area contributed by atoms with Crippen LogP contribution in [-0.2, 0) is 12.8 Å². The van der Waals surface area contributed by atoms with Crippen LogP contribution >= 0.6 is 0 Å². The minimum Gasteiger partial charge on any atom is -0.324 e. The number of benzene rings is 2. The summed E-state index contributed by atoms with van der Waals surface area (Å²) in [5.41, 5.74) is 10.3. The van der Waals surface area contributed by atoms with Crippen LogP contribution in [0.2, 0.25) is 0 Å². The Labute approximate surface area is 115 Å². The molecule has 1 nitrogen and oxygen atoms in total. The molecule has 1 aliphatic carbocycles. The summed E-state index contributed by atoms with van der Waals surface area (Å²) in [7, 11) is 0. The molecule has 0 aliphatic heterocycles. The second kappa shape index (κ2) is 5.58. The Morgan fingerprint density at radius 3 is 2.00 bits per heavy atom. The third-order valence-electron chi connectivity index (χ3n) is 4.04. The summed E-state index contributed by atoms with van der Waals surface area (Å²) in [4.78, 5) is 0. The molecule has 2 aromatic carbocycles. The maximum Gasteiger partial charge on any atom is 0.0323 e. The van der Waals surface area contributed by atoms with Crippen LogP contribution in [0.4, 0.5) is 0 Å². The highest BCUT2D eigenvalue weighted by Gasteiger charge is 2.29. The normalized spacial score (nSPS) is 16.3. The topological polar surface area (TPSA) is 26.0 Å². The van der Waals surface area contributed by atoms with Gasteiger partial charge in [-0.25, -0.2) is 0 Å². The molecule has 1 heteroatoms. The lowest BCUT2D eigenvalue weighted by molar-refractivity contribution is 0.633. The van der Waals surface area contributed by atoms with Gasteiger partial charge in [-0.1, -0.05) is 54.6 Å². The van der Waals surface area contributed by atoms with Crippen molar-refractivity contribution in [2.24, 2.45) is 11.7 Å². The smallest absolute Gasteiger partial charge is 0.0323 e. The van der Waals surface area contributed by atoms with Crippen LogP contribution in [0.15, 0.2) is 54.6 Å². The first-order valence-electron chi connectivity index (χ1n) is 7.21. The van der Waals surface area contributed by atoms with Crippen LogP contribution < -0.4 is 5.73 Å². The fourth-order valence-electron chi connectivity index (χ4n) is 2.57. The van der Waals surface area contributed by atoms with Crippen LogP contribution in [-0.4, -0.2) is 0 Å². The molecule has 2 aromatic rings. The van der Waals surface area contributed by atoms with E-state index in [1.165, 1.54) is 29.5 Å². The molecule has 1 unspecified atom stereocenters. The van der Waals surface area contributed by atoms with Crippen molar-refractivity contribution in [3.05, 3.63) is 71.3 Å². The number of hydrogen-bond acceptors (Lipinski definition) is 1. The first-order chi connectivity index (χ1) is 9.33. The van der Waals surface area contributed by atoms with Gasteiger partial charge in [-0.05, 0) is 48.3 Å². The van der Waals surface area contributed by atoms with Crippen LogP contribution in [0, 0.1) is 5.92 Å². The van der Waals surface area contributed by atoms with Crippen molar-refractivity contribution in [1.82, 2.24) is 0 Å². The van der Waals surface area contributed by atoms with E-state index in [0.29, 0.717) is 0 Å². The third kappa shape index (κ3) is 3.24. The SMILES string of the molecule is NC(c1ccc(CCc2ccccc2)cc1)C1CC1. The summed E-state index contributed by atoms with van der Waals surface area (Å²) >= 11 is 0. The molecule has 3 rings (SSSR count). The largest absolute Gasteiger partial charge is 0.324 e. The molecule has 0 saturated heterocycles. The maximum atomic E-state index is 6.22. The molecule has 2 N–H and O–H groups in total. The minimum atomic E-state index is 0.253. The Bertz CT molecular complexity index is 511. The molecule has 0 radical (unpaired) electrons. The second-order valence-electron chi connectivity index (χ2n) is 5.59. The van der Waals surface area contributed by atoms with E-state index in [1.54, 1.807) is 0 Å². The van der Waals surface area contributed by atoms with E-state index in [1.807, 2.05) is 0 Å². The van der Waals surface area contributed by atoms with Gasteiger partial charge in [0.15, 0.2) is 0 Å². The lowest BCUT2D eigenvalue weighted by Crippen LogP contribution is -2.12. The standard InChI is InChI=1S/C18H21N/c19-18(17-12-13-17)16-10-8-15(9-11-16)7-6-14-4-2-1-3-5-14/h1-5,8-11,17-18H,6-7,12-13,19H2. The molecule has 0 heterocycles. The van der Waals surface area contributed by atoms with E-state index in [9.17, 15) is 0 Å². The van der Waals surface area contributed by atoms with E-state index in [4.69, 9.17) is 5.73 Å². The first-order valence-corrected chi connectivity index (χ1v) is 7.21. The molecular weight excluding hydrogens is 230 g/mol. The van der Waals surface area contributed by atoms with Gasteiger partial charge in [0, 0.05) is 6.04 Å². The Morgan fingerprint density at radius 2 is 1.42 bits per heavy atom. The molecule has 0 bridgehead atoms. The van der Waals surface area contributed by atoms with E-state index >= 15 is 0 Å². The summed E-state index contributed by atoms with van der Waals surface area (Å²) in [6.45, 7) is 0. The predicted octanol–water partition coefficient (Wildman–Crippen LogP) is 3.88. The summed E-state index contributed by atoms with van der Waals surface area (Å²) < 4.78 is 0. The summed E-state index contributed by atoms with van der Waals surface area (Å²) in [6.07, 6.45) is 4.81. The van der Waals surface area contributed by atoms with E-state index in [2.05, 4.69) is 54.6 Å². The van der Waals surface area contributed by atoms with E-state index < -0.39 is 0 Å². The molecule has 1 saturated carbocycles. The molecule has 1 atom stereocenters. The van der Waals surface area contributed by atoms with Gasteiger partial charge >= 0.3 is 0 Å². The Hall–Kier alpha value is -1.60. The number of nitrogens with two attached hydrogens (primary N) is 1. The zero-order valence-electron chi connectivity index (χ0n) is 11.3. The molecule has 1 fully saturated rings. The van der Waals surface area contributed by atoms with Gasteiger partial charge < -0.3 is 5.73 Å². The fourth-order valence-corrected chi connectivity index (χ4v) is 2.57. The summed E-state index contributed by atoms with van der Waals surface area (Å²) in [5, 5.41) is 0. The Morgan fingerprint density at radius 1 is 0.842 bits per heavy atom. The van der Waals surface area contributed by atoms with Crippen molar-refractivity contribution in [1.29, 1.82) is 0 Å². The van der Waals surface area contributed by atoms with Crippen molar-refractivity contribution < 1.29 is 0 Å². The van der Waals surface area contributed by atoms with Crippen LogP contribution in [0.3, 0.4) is 0 Å². The van der Waals surface area contributed by atoms with Gasteiger partial charge in [0.1, 0.15) is 0 Å². The first kappa shape index (κ1) is 12.4. The van der Waals surface area contributed by atoms with Crippen molar-refractivity contribution in [3.63, 3.8) is 0 Å². The van der Waals surface area contributed by atoms with E-state index in [-0.39, 0.29) is 6.04 Å². The quantitative estimate of drug-likeness (QED) is 0.857. The Kier molecular flexibility index (Phi) is 3.65. The number of aryl methyl sites for hydroxylation is 2. The second-order valence-corrected chi connectivity index (χ2v) is 5.59. The van der Waals surface area contributed by atoms with Crippen molar-refractivity contribution in [2.45, 2.75) is 31.7 Å². The zero-order chi connectivity index (χ0) is 13.1. The van der Waals surface area contributed by atoms with Gasteiger partial charge in [0.05, 0.1) is 0 Å². The molecule has 98 valence electrons. The van der Waals surface area contributed by atoms with Crippen LogP contribution in [0.5, 0.6) is 0 Å². The maximum absolute atomic E-state index is 6.22. The van der Waals surface area contributed by atoms with Gasteiger partial charge in [-0.15, -0.1) is 0 Å². The van der Waals surface area contributed by atoms with Crippen LogP contribution in [0.25, 0.3) is 0 Å². The van der Waals surface area contributed by atoms with Crippen molar-refractivity contribution in [2.75, 3.05) is 0 Å². The average molecular weight is 251 g/mol. The highest BCUT2D eigenvalue weighted by Crippen LogP contribution is 2.39. The summed E-state index contributed by atoms with van der Waals surface area (Å²) in [5.74, 6) is 0.732. The lowest BCUT2D eigenvalue weighted by Gasteiger charge is -2.11. The Balaban J connectivity index is 1.59. The van der Waals surface area contributed by atoms with Gasteiger partial charge in [-0.2, -0.15) is 0 Å². The highest BCUT2D eigenvalue weighted by molar-refractivity contribution is 5.27. The third-order valence-corrected chi connectivity index (χ3v) is 4.04. The van der Waals surface area contributed by atoms with Gasteiger partial charge in [-0.3, -0.25) is 0 Å². The van der Waals surface area contributed by atoms with Gasteiger partial charge in [0.2, 0.25) is 0 Å². The molecule has 19 heavy (non-hydrogen) atoms. The summed E-state index contributed by atoms with van der Waals surface area (Å²) in [6, 6.07) is 19.8. The molecule has 0 aromatic heterocycles. The predicted molar refractivity (Wildman–Crippen MR) is 79.9 cm³/mol. The molecule has 0 amide bonds. The average Bonchev–Trinajstić information content (AvgIpc) is 3.31. The molecule has 1 aliphatic rings. The van der Waals surface area contributed by atoms with Gasteiger partial charge in [0.25, 0.3) is 0 Å². The minimum absolute atomic E-state index is 0.253. The lowest BCUT2D eigenvalue weighted by atomic mass is 9.99.